The van der Waals surface area contributed by atoms with Gasteiger partial charge in [0.25, 0.3) is 0 Å². The Morgan fingerprint density at radius 2 is 1.86 bits per heavy atom. The van der Waals surface area contributed by atoms with Gasteiger partial charge in [0.1, 0.15) is 0 Å². The first kappa shape index (κ1) is 11.1. The van der Waals surface area contributed by atoms with Gasteiger partial charge in [-0.05, 0) is 26.7 Å². The van der Waals surface area contributed by atoms with Gasteiger partial charge in [0.05, 0.1) is 6.04 Å². The van der Waals surface area contributed by atoms with Gasteiger partial charge in [0.2, 0.25) is 5.91 Å². The van der Waals surface area contributed by atoms with E-state index in [1.807, 2.05) is 13.8 Å². The lowest BCUT2D eigenvalue weighted by Gasteiger charge is -2.29. The van der Waals surface area contributed by atoms with Gasteiger partial charge in [-0.15, -0.1) is 0 Å². The van der Waals surface area contributed by atoms with Gasteiger partial charge in [0, 0.05) is 0 Å². The molecule has 1 amide bonds. The van der Waals surface area contributed by atoms with Crippen molar-refractivity contribution in [2.75, 3.05) is 0 Å². The van der Waals surface area contributed by atoms with E-state index in [0.29, 0.717) is 0 Å². The van der Waals surface area contributed by atoms with E-state index < -0.39 is 5.54 Å². The van der Waals surface area contributed by atoms with E-state index in [1.165, 1.54) is 6.42 Å². The minimum atomic E-state index is -0.692. The highest BCUT2D eigenvalue weighted by molar-refractivity contribution is 5.84. The fourth-order valence-corrected chi connectivity index (χ4v) is 1.76. The second-order valence-electron chi connectivity index (χ2n) is 4.27. The zero-order valence-electron chi connectivity index (χ0n) is 8.99. The Kier molecular flexibility index (Phi) is 3.61. The van der Waals surface area contributed by atoms with Crippen LogP contribution in [0.3, 0.4) is 0 Å². The predicted octanol–water partition coefficient (Wildman–Crippen LogP) is 2.04. The summed E-state index contributed by atoms with van der Waals surface area (Å²) >= 11 is 0. The smallest absolute Gasteiger partial charge is 0.247 e. The van der Waals surface area contributed by atoms with Gasteiger partial charge in [-0.2, -0.15) is 10.2 Å². The molecule has 0 bridgehead atoms. The molecule has 2 N–H and O–H groups in total. The number of carbonyl (C=O) groups excluding carboxylic acids is 1. The summed E-state index contributed by atoms with van der Waals surface area (Å²) in [7, 11) is 0. The van der Waals surface area contributed by atoms with Crippen molar-refractivity contribution in [3.63, 3.8) is 0 Å². The van der Waals surface area contributed by atoms with Crippen molar-refractivity contribution >= 4 is 5.91 Å². The molecule has 1 aliphatic rings. The topological polar surface area (TPSA) is 67.8 Å². The number of hydrogen-bond donors (Lipinski definition) is 1. The molecule has 0 saturated heterocycles. The summed E-state index contributed by atoms with van der Waals surface area (Å²) < 4.78 is 0. The molecular formula is C10H19N3O. The maximum atomic E-state index is 11.4. The Bertz CT molecular complexity index is 230. The van der Waals surface area contributed by atoms with Crippen LogP contribution in [-0.2, 0) is 4.79 Å². The molecule has 1 saturated carbocycles. The Balaban J connectivity index is 2.75. The minimum absolute atomic E-state index is 0.133. The van der Waals surface area contributed by atoms with E-state index in [0.717, 1.165) is 25.7 Å². The lowest BCUT2D eigenvalue weighted by Crippen LogP contribution is -2.43. The zero-order valence-corrected chi connectivity index (χ0v) is 8.99. The number of nitrogens with two attached hydrogens (primary N) is 1. The van der Waals surface area contributed by atoms with E-state index >= 15 is 0 Å². The number of nitrogens with zero attached hydrogens (tertiary/aromatic N) is 2. The highest BCUT2D eigenvalue weighted by Crippen LogP contribution is 2.31. The van der Waals surface area contributed by atoms with Crippen molar-refractivity contribution in [3.8, 4) is 0 Å². The van der Waals surface area contributed by atoms with Gasteiger partial charge < -0.3 is 5.73 Å². The predicted molar refractivity (Wildman–Crippen MR) is 55.0 cm³/mol. The standard InChI is InChI=1S/C10H19N3O/c1-8(2)12-13-10(9(11)14)6-4-3-5-7-10/h8H,3-7H2,1-2H3,(H2,11,14)/b13-12+. The molecule has 4 nitrogen and oxygen atoms in total. The Hall–Kier alpha value is -0.930. The van der Waals surface area contributed by atoms with Crippen LogP contribution in [0.25, 0.3) is 0 Å². The third-order valence-corrected chi connectivity index (χ3v) is 2.62. The highest BCUT2D eigenvalue weighted by atomic mass is 16.1. The minimum Gasteiger partial charge on any atom is -0.368 e. The third kappa shape index (κ3) is 2.53. The average molecular weight is 197 g/mol. The van der Waals surface area contributed by atoms with Gasteiger partial charge >= 0.3 is 0 Å². The largest absolute Gasteiger partial charge is 0.368 e. The normalized spacial score (nSPS) is 21.6. The molecule has 14 heavy (non-hydrogen) atoms. The van der Waals surface area contributed by atoms with Crippen molar-refractivity contribution < 1.29 is 4.79 Å². The van der Waals surface area contributed by atoms with Crippen LogP contribution in [0.2, 0.25) is 0 Å². The first-order valence-electron chi connectivity index (χ1n) is 5.29. The second kappa shape index (κ2) is 4.53. The number of carbonyl (C=O) groups is 1. The summed E-state index contributed by atoms with van der Waals surface area (Å²) in [4.78, 5) is 11.4. The maximum Gasteiger partial charge on any atom is 0.247 e. The van der Waals surface area contributed by atoms with Crippen LogP contribution in [-0.4, -0.2) is 17.5 Å². The summed E-state index contributed by atoms with van der Waals surface area (Å²) in [6.07, 6.45) is 4.75. The van der Waals surface area contributed by atoms with Crippen LogP contribution in [0.15, 0.2) is 10.2 Å². The molecule has 0 radical (unpaired) electrons. The number of amides is 1. The second-order valence-corrected chi connectivity index (χ2v) is 4.27. The number of primary amides is 1. The van der Waals surface area contributed by atoms with E-state index in [2.05, 4.69) is 10.2 Å². The highest BCUT2D eigenvalue weighted by Gasteiger charge is 2.38. The third-order valence-electron chi connectivity index (χ3n) is 2.62. The first-order chi connectivity index (χ1) is 6.57. The number of hydrogen-bond acceptors (Lipinski definition) is 3. The molecule has 4 heteroatoms. The molecule has 0 aromatic rings. The molecule has 0 spiro atoms. The van der Waals surface area contributed by atoms with Gasteiger partial charge in [-0.25, -0.2) is 0 Å². The van der Waals surface area contributed by atoms with Crippen LogP contribution >= 0.6 is 0 Å². The van der Waals surface area contributed by atoms with Crippen molar-refractivity contribution in [1.29, 1.82) is 0 Å². The molecule has 80 valence electrons. The van der Waals surface area contributed by atoms with Gasteiger partial charge in [-0.3, -0.25) is 4.79 Å². The van der Waals surface area contributed by atoms with Crippen LogP contribution in [0.1, 0.15) is 46.0 Å². The van der Waals surface area contributed by atoms with E-state index in [9.17, 15) is 4.79 Å². The van der Waals surface area contributed by atoms with E-state index in [-0.39, 0.29) is 11.9 Å². The SMILES string of the molecule is CC(C)/N=N/C1(C(N)=O)CCCCC1. The van der Waals surface area contributed by atoms with Crippen molar-refractivity contribution in [2.24, 2.45) is 16.0 Å². The molecule has 1 rings (SSSR count). The van der Waals surface area contributed by atoms with Crippen LogP contribution in [0.5, 0.6) is 0 Å². The number of rotatable bonds is 3. The molecule has 1 fully saturated rings. The molecule has 1 aliphatic carbocycles. The molecule has 0 unspecified atom stereocenters. The molecule has 0 heterocycles. The fourth-order valence-electron chi connectivity index (χ4n) is 1.76. The lowest BCUT2D eigenvalue weighted by atomic mass is 9.82. The zero-order chi connectivity index (χ0) is 10.6. The fraction of sp³-hybridized carbons (Fsp3) is 0.900. The van der Waals surface area contributed by atoms with Gasteiger partial charge in [0.15, 0.2) is 5.54 Å². The lowest BCUT2D eigenvalue weighted by molar-refractivity contribution is -0.124. The van der Waals surface area contributed by atoms with E-state index in [1.54, 1.807) is 0 Å². The van der Waals surface area contributed by atoms with Crippen LogP contribution in [0.4, 0.5) is 0 Å². The molecule has 0 atom stereocenters. The summed E-state index contributed by atoms with van der Waals surface area (Å²) in [5.74, 6) is -0.318. The van der Waals surface area contributed by atoms with Crippen LogP contribution < -0.4 is 5.73 Å². The molecule has 0 aromatic carbocycles. The van der Waals surface area contributed by atoms with E-state index in [4.69, 9.17) is 5.73 Å². The Labute approximate surface area is 85.0 Å². The van der Waals surface area contributed by atoms with Crippen molar-refractivity contribution in [1.82, 2.24) is 0 Å². The van der Waals surface area contributed by atoms with Gasteiger partial charge in [-0.1, -0.05) is 19.3 Å². The monoisotopic (exact) mass is 197 g/mol. The molecule has 0 aromatic heterocycles. The molecular weight excluding hydrogens is 178 g/mol. The summed E-state index contributed by atoms with van der Waals surface area (Å²) in [5, 5.41) is 8.23. The molecule has 0 aliphatic heterocycles. The number of azo groups is 1. The summed E-state index contributed by atoms with van der Waals surface area (Å²) in [5.41, 5.74) is 4.70. The Morgan fingerprint density at radius 1 is 1.29 bits per heavy atom. The van der Waals surface area contributed by atoms with Crippen molar-refractivity contribution in [2.45, 2.75) is 57.5 Å². The summed E-state index contributed by atoms with van der Waals surface area (Å²) in [6, 6.07) is 0.133. The quantitative estimate of drug-likeness (QED) is 0.691. The first-order valence-corrected chi connectivity index (χ1v) is 5.29. The average Bonchev–Trinajstić information content (AvgIpc) is 2.16. The van der Waals surface area contributed by atoms with Crippen molar-refractivity contribution in [3.05, 3.63) is 0 Å². The summed E-state index contributed by atoms with van der Waals surface area (Å²) in [6.45, 7) is 3.89. The maximum absolute atomic E-state index is 11.4. The van der Waals surface area contributed by atoms with Crippen LogP contribution in [0, 0.1) is 0 Å². The Morgan fingerprint density at radius 3 is 2.29 bits per heavy atom.